The minimum Gasteiger partial charge on any atom is -0.529 e. The second-order valence-corrected chi connectivity index (χ2v) is 3.52. The Hall–Kier alpha value is 1.81. The van der Waals surface area contributed by atoms with Gasteiger partial charge in [-0.1, -0.05) is 20.8 Å². The van der Waals surface area contributed by atoms with Crippen LogP contribution in [0.2, 0.25) is 0 Å². The maximum atomic E-state index is 5.43. The quantitative estimate of drug-likeness (QED) is 0.311. The summed E-state index contributed by atoms with van der Waals surface area (Å²) in [5.41, 5.74) is 3.84. The Kier molecular flexibility index (Phi) is 17.6. The molecule has 3 nitrogen and oxygen atoms in total. The molecule has 0 bridgehead atoms. The second-order valence-electron chi connectivity index (χ2n) is 3.14. The van der Waals surface area contributed by atoms with Gasteiger partial charge in [-0.3, -0.25) is 0 Å². The van der Waals surface area contributed by atoms with Crippen LogP contribution in [-0.2, 0) is 4.84 Å². The van der Waals surface area contributed by atoms with Gasteiger partial charge in [-0.25, -0.2) is 0 Å². The summed E-state index contributed by atoms with van der Waals surface area (Å²) in [6.07, 6.45) is 0.862. The van der Waals surface area contributed by atoms with E-state index in [9.17, 15) is 0 Å². The van der Waals surface area contributed by atoms with Crippen LogP contribution in [0, 0.1) is 0 Å². The summed E-state index contributed by atoms with van der Waals surface area (Å²) in [7, 11) is 0. The van der Waals surface area contributed by atoms with E-state index < -0.39 is 0 Å². The number of hydroxylamine groups is 1. The molecule has 0 saturated heterocycles. The average Bonchev–Trinajstić information content (AvgIpc) is 1.78. The van der Waals surface area contributed by atoms with Crippen molar-refractivity contribution in [3.8, 4) is 0 Å². The molecule has 3 N–H and O–H groups in total. The zero-order valence-corrected chi connectivity index (χ0v) is 12.4. The zero-order valence-electron chi connectivity index (χ0n) is 8.56. The number of hydrogen-bond acceptors (Lipinski definition) is 2. The number of hydrogen-bond donors (Lipinski definition) is 1. The third kappa shape index (κ3) is 17.8. The van der Waals surface area contributed by atoms with Crippen LogP contribution in [0.1, 0.15) is 27.2 Å². The third-order valence-corrected chi connectivity index (χ3v) is 0.975. The number of nitrogens with zero attached hydrogens (tertiary/aromatic N) is 1. The van der Waals surface area contributed by atoms with Crippen molar-refractivity contribution in [1.29, 1.82) is 0 Å². The molecule has 0 radical (unpaired) electrons. The molecule has 0 saturated carbocycles. The molecule has 0 atom stereocenters. The topological polar surface area (TPSA) is 58.3 Å². The smallest absolute Gasteiger partial charge is 0.529 e. The summed E-state index contributed by atoms with van der Waals surface area (Å²) in [6, 6.07) is 0. The molecule has 5 heteroatoms. The van der Waals surface area contributed by atoms with Crippen LogP contribution in [0.15, 0.2) is 0 Å². The molecule has 70 valence electrons. The van der Waals surface area contributed by atoms with Gasteiger partial charge in [0.1, 0.15) is 0 Å². The minimum absolute atomic E-state index is 0. The van der Waals surface area contributed by atoms with Gasteiger partial charge in [-0.15, -0.1) is 17.1 Å². The van der Waals surface area contributed by atoms with Crippen LogP contribution in [0.4, 0.5) is 0 Å². The van der Waals surface area contributed by atoms with E-state index in [1.807, 2.05) is 20.8 Å². The van der Waals surface area contributed by atoms with Crippen LogP contribution in [0.25, 0.3) is 5.48 Å². The molecule has 0 spiro atoms. The van der Waals surface area contributed by atoms with Crippen molar-refractivity contribution >= 4 is 11.6 Å². The second kappa shape index (κ2) is 10.9. The summed E-state index contributed by atoms with van der Waals surface area (Å²) < 4.78 is 0. The molecule has 0 fully saturated rings. The molecular formula is C7H18ClKN2O. The van der Waals surface area contributed by atoms with Gasteiger partial charge in [-0.2, -0.15) is 0 Å². The van der Waals surface area contributed by atoms with Crippen molar-refractivity contribution in [2.75, 3.05) is 12.5 Å². The fourth-order valence-corrected chi connectivity index (χ4v) is 0.468. The number of halogens is 1. The molecular weight excluding hydrogens is 203 g/mol. The van der Waals surface area contributed by atoms with E-state index in [1.54, 1.807) is 0 Å². The van der Waals surface area contributed by atoms with Gasteiger partial charge in [0.05, 0.1) is 0 Å². The summed E-state index contributed by atoms with van der Waals surface area (Å²) in [5.74, 6) is 0.639. The maximum Gasteiger partial charge on any atom is 1.00 e. The molecule has 0 aliphatic carbocycles. The van der Waals surface area contributed by atoms with E-state index in [1.165, 1.54) is 0 Å². The third-order valence-electron chi connectivity index (χ3n) is 0.708. The monoisotopic (exact) mass is 220 g/mol. The van der Waals surface area contributed by atoms with E-state index >= 15 is 0 Å². The van der Waals surface area contributed by atoms with Crippen molar-refractivity contribution in [1.82, 2.24) is 6.15 Å². The van der Waals surface area contributed by atoms with E-state index in [0.29, 0.717) is 12.5 Å². The van der Waals surface area contributed by atoms with Crippen LogP contribution >= 0.6 is 11.6 Å². The summed E-state index contributed by atoms with van der Waals surface area (Å²) >= 11 is 5.43. The van der Waals surface area contributed by atoms with Gasteiger partial charge < -0.3 is 16.5 Å². The van der Waals surface area contributed by atoms with Crippen molar-refractivity contribution in [3.63, 3.8) is 0 Å². The van der Waals surface area contributed by atoms with Crippen LogP contribution < -0.4 is 57.5 Å². The van der Waals surface area contributed by atoms with Crippen molar-refractivity contribution in [2.24, 2.45) is 0 Å². The molecule has 0 aliphatic heterocycles. The molecule has 0 aromatic heterocycles. The van der Waals surface area contributed by atoms with Gasteiger partial charge >= 0.3 is 51.4 Å². The SMILES string of the molecule is CC(C)(C)[N-]OCCCCl.N.[K+]. The molecule has 0 aromatic rings. The number of rotatable bonds is 4. The average molecular weight is 221 g/mol. The maximum absolute atomic E-state index is 5.43. The van der Waals surface area contributed by atoms with Gasteiger partial charge in [0.2, 0.25) is 0 Å². The van der Waals surface area contributed by atoms with Crippen molar-refractivity contribution in [3.05, 3.63) is 5.48 Å². The summed E-state index contributed by atoms with van der Waals surface area (Å²) in [4.78, 5) is 4.98. The molecule has 0 rings (SSSR count). The zero-order chi connectivity index (χ0) is 8.04. The largest absolute Gasteiger partial charge is 1.00 e. The van der Waals surface area contributed by atoms with E-state index in [-0.39, 0.29) is 63.1 Å². The van der Waals surface area contributed by atoms with Gasteiger partial charge in [0.25, 0.3) is 0 Å². The Bertz CT molecular complexity index is 88.0. The van der Waals surface area contributed by atoms with Crippen LogP contribution in [-0.4, -0.2) is 18.0 Å². The predicted molar refractivity (Wildman–Crippen MR) is 49.4 cm³/mol. The molecule has 0 aromatic carbocycles. The first-order valence-corrected chi connectivity index (χ1v) is 4.00. The summed E-state index contributed by atoms with van der Waals surface area (Å²) in [6.45, 7) is 6.61. The van der Waals surface area contributed by atoms with E-state index in [2.05, 4.69) is 5.48 Å². The standard InChI is InChI=1S/C7H15ClNO.K.H3N/c1-7(2,3)9-10-6-4-5-8;;/h4-6H2,1-3H3;;1H3/q-1;+1;. The first-order chi connectivity index (χ1) is 4.56. The molecule has 0 unspecified atom stereocenters. The van der Waals surface area contributed by atoms with Crippen LogP contribution in [0.3, 0.4) is 0 Å². The van der Waals surface area contributed by atoms with Crippen molar-refractivity contribution < 1.29 is 56.2 Å². The Labute approximate surface area is 123 Å². The Balaban J connectivity index is -0.000000405. The van der Waals surface area contributed by atoms with Crippen LogP contribution in [0.5, 0.6) is 0 Å². The first-order valence-electron chi connectivity index (χ1n) is 3.46. The summed E-state index contributed by atoms with van der Waals surface area (Å²) in [5, 5.41) is 0. The van der Waals surface area contributed by atoms with Gasteiger partial charge in [0.15, 0.2) is 0 Å². The van der Waals surface area contributed by atoms with Gasteiger partial charge in [0, 0.05) is 12.5 Å². The first kappa shape index (κ1) is 19.4. The fourth-order valence-electron chi connectivity index (χ4n) is 0.358. The normalized spacial score (nSPS) is 10.0. The molecule has 0 amide bonds. The van der Waals surface area contributed by atoms with Crippen molar-refractivity contribution in [2.45, 2.75) is 32.7 Å². The Morgan fingerprint density at radius 2 is 1.83 bits per heavy atom. The predicted octanol–water partition coefficient (Wildman–Crippen LogP) is -0.115. The van der Waals surface area contributed by atoms with E-state index in [4.69, 9.17) is 16.4 Å². The fraction of sp³-hybridized carbons (Fsp3) is 1.00. The molecule has 0 heterocycles. The number of alkyl halides is 1. The molecule has 0 aliphatic rings. The van der Waals surface area contributed by atoms with E-state index in [0.717, 1.165) is 6.42 Å². The Morgan fingerprint density at radius 1 is 1.33 bits per heavy atom. The van der Waals surface area contributed by atoms with Gasteiger partial charge in [-0.05, 0) is 6.42 Å². The molecule has 12 heavy (non-hydrogen) atoms. The Morgan fingerprint density at radius 3 is 2.17 bits per heavy atom. The minimum atomic E-state index is -0.0910.